The lowest BCUT2D eigenvalue weighted by Gasteiger charge is -2.39. The summed E-state index contributed by atoms with van der Waals surface area (Å²) in [5, 5.41) is 24.6. The maximum absolute atomic E-state index is 13.6. The van der Waals surface area contributed by atoms with Crippen molar-refractivity contribution < 1.29 is 43.4 Å². The fourth-order valence-electron chi connectivity index (χ4n) is 3.58. The summed E-state index contributed by atoms with van der Waals surface area (Å²) in [6.45, 7) is 0. The predicted molar refractivity (Wildman–Crippen MR) is 110 cm³/mol. The van der Waals surface area contributed by atoms with Crippen LogP contribution in [0, 0.1) is 5.82 Å². The standard InChI is InChI=1S/C21H21FN4O8/c22-13-8-11(3-5-16(13)28)19(32)24-14-4-6-17(29)25-7-1-2-15(26(25)21(14)34)20(33)23-12(10-27)9-18(30)31/h1,3,5,7-8,10,12,14-15,28H,2,4,6,9H2,(H,23,33)(H,24,32)(H,30,31)/t12-,14-,15-/m0/s1. The highest BCUT2D eigenvalue weighted by Crippen LogP contribution is 2.24. The van der Waals surface area contributed by atoms with Crippen LogP contribution in [0.4, 0.5) is 4.39 Å². The Morgan fingerprint density at radius 2 is 2.00 bits per heavy atom. The molecule has 4 amide bonds. The quantitative estimate of drug-likeness (QED) is 0.379. The third-order valence-corrected chi connectivity index (χ3v) is 5.26. The van der Waals surface area contributed by atoms with Crippen LogP contribution in [0.5, 0.6) is 5.75 Å². The molecule has 12 nitrogen and oxygen atoms in total. The number of phenols is 1. The second kappa shape index (κ2) is 10.1. The number of amides is 4. The minimum Gasteiger partial charge on any atom is -0.505 e. The van der Waals surface area contributed by atoms with E-state index in [-0.39, 0.29) is 31.1 Å². The van der Waals surface area contributed by atoms with Gasteiger partial charge in [-0.1, -0.05) is 6.08 Å². The molecule has 1 aromatic carbocycles. The van der Waals surface area contributed by atoms with E-state index in [1.165, 1.54) is 12.3 Å². The molecule has 1 aromatic rings. The number of halogens is 1. The number of aldehydes is 1. The van der Waals surface area contributed by atoms with Gasteiger partial charge in [-0.2, -0.15) is 0 Å². The molecule has 0 unspecified atom stereocenters. The van der Waals surface area contributed by atoms with Gasteiger partial charge in [0.2, 0.25) is 11.8 Å². The predicted octanol–water partition coefficient (Wildman–Crippen LogP) is -0.560. The fraction of sp³-hybridized carbons (Fsp3) is 0.333. The minimum atomic E-state index is -1.35. The molecule has 2 aliphatic rings. The van der Waals surface area contributed by atoms with Crippen molar-refractivity contribution in [3.8, 4) is 5.75 Å². The number of hydrogen-bond acceptors (Lipinski definition) is 7. The summed E-state index contributed by atoms with van der Waals surface area (Å²) in [7, 11) is 0. The zero-order valence-electron chi connectivity index (χ0n) is 17.6. The Bertz CT molecular complexity index is 1070. The van der Waals surface area contributed by atoms with Crippen LogP contribution in [0.3, 0.4) is 0 Å². The van der Waals surface area contributed by atoms with Crippen molar-refractivity contribution in [3.63, 3.8) is 0 Å². The van der Waals surface area contributed by atoms with Gasteiger partial charge in [0.05, 0.1) is 12.5 Å². The van der Waals surface area contributed by atoms with E-state index in [9.17, 15) is 38.3 Å². The number of rotatable bonds is 7. The zero-order chi connectivity index (χ0) is 25.0. The molecule has 0 radical (unpaired) electrons. The van der Waals surface area contributed by atoms with Crippen molar-refractivity contribution in [1.82, 2.24) is 20.7 Å². The Morgan fingerprint density at radius 3 is 2.65 bits per heavy atom. The number of aromatic hydroxyl groups is 1. The van der Waals surface area contributed by atoms with Gasteiger partial charge in [0, 0.05) is 18.2 Å². The summed E-state index contributed by atoms with van der Waals surface area (Å²) in [6, 6.07) is -0.982. The van der Waals surface area contributed by atoms with Crippen LogP contribution in [-0.4, -0.2) is 74.2 Å². The molecule has 3 atom stereocenters. The highest BCUT2D eigenvalue weighted by atomic mass is 19.1. The lowest BCUT2D eigenvalue weighted by atomic mass is 10.1. The number of hydrazine groups is 1. The Balaban J connectivity index is 1.83. The van der Waals surface area contributed by atoms with Crippen LogP contribution in [0.1, 0.15) is 36.0 Å². The number of carboxylic acids is 1. The van der Waals surface area contributed by atoms with E-state index in [1.807, 2.05) is 0 Å². The molecule has 180 valence electrons. The zero-order valence-corrected chi connectivity index (χ0v) is 17.6. The van der Waals surface area contributed by atoms with E-state index in [4.69, 9.17) is 5.11 Å². The van der Waals surface area contributed by atoms with E-state index < -0.39 is 65.7 Å². The molecular formula is C21H21FN4O8. The third kappa shape index (κ3) is 5.19. The van der Waals surface area contributed by atoms with Crippen molar-refractivity contribution in [3.05, 3.63) is 41.9 Å². The molecule has 2 aliphatic heterocycles. The molecule has 2 heterocycles. The Kier molecular flexibility index (Phi) is 7.24. The van der Waals surface area contributed by atoms with Crippen LogP contribution in [0.15, 0.2) is 30.5 Å². The second-order valence-corrected chi connectivity index (χ2v) is 7.64. The SMILES string of the molecule is O=C[C@H](CC(=O)O)NC(=O)[C@@H]1CC=CN2C(=O)CC[C@H](NC(=O)c3ccc(O)c(F)c3)C(=O)N12. The first-order valence-electron chi connectivity index (χ1n) is 10.2. The molecule has 0 bridgehead atoms. The van der Waals surface area contributed by atoms with Gasteiger partial charge in [-0.05, 0) is 31.0 Å². The molecule has 1 saturated heterocycles. The monoisotopic (exact) mass is 476 g/mol. The first-order chi connectivity index (χ1) is 16.1. The highest BCUT2D eigenvalue weighted by molar-refractivity contribution is 6.00. The summed E-state index contributed by atoms with van der Waals surface area (Å²) < 4.78 is 13.6. The van der Waals surface area contributed by atoms with E-state index in [0.717, 1.165) is 28.2 Å². The number of nitrogens with zero attached hydrogens (tertiary/aromatic N) is 2. The number of hydrogen-bond donors (Lipinski definition) is 4. The summed E-state index contributed by atoms with van der Waals surface area (Å²) in [6.07, 6.45) is 2.05. The van der Waals surface area contributed by atoms with Crippen molar-refractivity contribution in [1.29, 1.82) is 0 Å². The average Bonchev–Trinajstić information content (AvgIpc) is 2.92. The molecule has 0 aliphatic carbocycles. The summed E-state index contributed by atoms with van der Waals surface area (Å²) in [5.74, 6) is -6.05. The topological polar surface area (TPSA) is 173 Å². The van der Waals surface area contributed by atoms with Gasteiger partial charge in [-0.25, -0.2) is 14.4 Å². The van der Waals surface area contributed by atoms with Crippen LogP contribution in [-0.2, 0) is 24.0 Å². The largest absolute Gasteiger partial charge is 0.505 e. The number of fused-ring (bicyclic) bond motifs is 1. The summed E-state index contributed by atoms with van der Waals surface area (Å²) >= 11 is 0. The van der Waals surface area contributed by atoms with Gasteiger partial charge in [-0.3, -0.25) is 24.0 Å². The molecular weight excluding hydrogens is 455 g/mol. The number of nitrogens with one attached hydrogen (secondary N) is 2. The van der Waals surface area contributed by atoms with Crippen molar-refractivity contribution >= 4 is 35.9 Å². The van der Waals surface area contributed by atoms with E-state index >= 15 is 0 Å². The normalized spacial score (nSPS) is 20.7. The summed E-state index contributed by atoms with van der Waals surface area (Å²) in [4.78, 5) is 73.3. The maximum atomic E-state index is 13.6. The smallest absolute Gasteiger partial charge is 0.305 e. The number of phenolic OH excluding ortho intramolecular Hbond substituents is 1. The van der Waals surface area contributed by atoms with Crippen molar-refractivity contribution in [2.24, 2.45) is 0 Å². The van der Waals surface area contributed by atoms with E-state index in [0.29, 0.717) is 0 Å². The number of carbonyl (C=O) groups is 6. The number of carbonyl (C=O) groups excluding carboxylic acids is 5. The molecule has 1 fully saturated rings. The lowest BCUT2D eigenvalue weighted by molar-refractivity contribution is -0.166. The van der Waals surface area contributed by atoms with Gasteiger partial charge < -0.3 is 25.6 Å². The van der Waals surface area contributed by atoms with Gasteiger partial charge in [0.25, 0.3) is 11.8 Å². The maximum Gasteiger partial charge on any atom is 0.305 e. The number of aliphatic carboxylic acids is 1. The molecule has 0 spiro atoms. The molecule has 4 N–H and O–H groups in total. The van der Waals surface area contributed by atoms with Gasteiger partial charge in [0.1, 0.15) is 18.4 Å². The van der Waals surface area contributed by atoms with Gasteiger partial charge >= 0.3 is 5.97 Å². The number of carboxylic acid groups (broad SMARTS) is 1. The van der Waals surface area contributed by atoms with Crippen LogP contribution in [0.2, 0.25) is 0 Å². The summed E-state index contributed by atoms with van der Waals surface area (Å²) in [5.41, 5.74) is -0.175. The van der Waals surface area contributed by atoms with Crippen LogP contribution >= 0.6 is 0 Å². The van der Waals surface area contributed by atoms with Crippen molar-refractivity contribution in [2.75, 3.05) is 0 Å². The van der Waals surface area contributed by atoms with Gasteiger partial charge in [0.15, 0.2) is 11.6 Å². The average molecular weight is 476 g/mol. The van der Waals surface area contributed by atoms with E-state index in [2.05, 4.69) is 10.6 Å². The first-order valence-corrected chi connectivity index (χ1v) is 10.2. The minimum absolute atomic E-state index is 0.0379. The molecule has 13 heteroatoms. The lowest BCUT2D eigenvalue weighted by Crippen LogP contribution is -2.62. The Hall–Kier alpha value is -4.29. The number of benzene rings is 1. The van der Waals surface area contributed by atoms with Crippen molar-refractivity contribution in [2.45, 2.75) is 43.8 Å². The van der Waals surface area contributed by atoms with Crippen LogP contribution in [0.25, 0.3) is 0 Å². The second-order valence-electron chi connectivity index (χ2n) is 7.64. The molecule has 0 aromatic heterocycles. The Morgan fingerprint density at radius 1 is 1.26 bits per heavy atom. The van der Waals surface area contributed by atoms with Crippen LogP contribution < -0.4 is 10.6 Å². The third-order valence-electron chi connectivity index (χ3n) is 5.26. The highest BCUT2D eigenvalue weighted by Gasteiger charge is 2.43. The van der Waals surface area contributed by atoms with Gasteiger partial charge in [-0.15, -0.1) is 0 Å². The molecule has 3 rings (SSSR count). The Labute approximate surface area is 192 Å². The fourth-order valence-corrected chi connectivity index (χ4v) is 3.58. The molecule has 0 saturated carbocycles. The first kappa shape index (κ1) is 24.4. The van der Waals surface area contributed by atoms with E-state index in [1.54, 1.807) is 0 Å². The molecule has 34 heavy (non-hydrogen) atoms.